The number of hydrogen-bond acceptors (Lipinski definition) is 10. The Labute approximate surface area is 214 Å². The average Bonchev–Trinajstić information content (AvgIpc) is 2.69. The van der Waals surface area contributed by atoms with E-state index >= 15 is 0 Å². The summed E-state index contributed by atoms with van der Waals surface area (Å²) in [7, 11) is 0. The molecule has 10 nitrogen and oxygen atoms in total. The van der Waals surface area contributed by atoms with Crippen LogP contribution in [0.2, 0.25) is 0 Å². The summed E-state index contributed by atoms with van der Waals surface area (Å²) in [5, 5.41) is 10.7. The van der Waals surface area contributed by atoms with Gasteiger partial charge in [0.25, 0.3) is 0 Å². The van der Waals surface area contributed by atoms with Crippen molar-refractivity contribution >= 4 is 23.9 Å². The molecule has 10 heteroatoms. The highest BCUT2D eigenvalue weighted by atomic mass is 16.7. The highest BCUT2D eigenvalue weighted by Crippen LogP contribution is 2.29. The van der Waals surface area contributed by atoms with Crippen LogP contribution in [0.5, 0.6) is 0 Å². The quantitative estimate of drug-likeness (QED) is 0.287. The van der Waals surface area contributed by atoms with Crippen molar-refractivity contribution in [1.29, 1.82) is 0 Å². The van der Waals surface area contributed by atoms with Gasteiger partial charge in [0, 0.05) is 25.7 Å². The summed E-state index contributed by atoms with van der Waals surface area (Å²) < 4.78 is 27.7. The minimum Gasteiger partial charge on any atom is -0.463 e. The summed E-state index contributed by atoms with van der Waals surface area (Å²) in [6.07, 6.45) is -6.58. The SMILES string of the molecule is CC(C)CC(=O)OC[C@@H]1O[C@H](O)[C@@H](OC(=O)CC(C)C)[C@H](OC(=O)CC(C)C)[C@H]1OC(=O)CC(C)C. The lowest BCUT2D eigenvalue weighted by molar-refractivity contribution is -0.297. The molecule has 1 fully saturated rings. The Morgan fingerprint density at radius 2 is 0.972 bits per heavy atom. The number of aliphatic hydroxyl groups is 1. The number of rotatable bonds is 13. The first-order valence-electron chi connectivity index (χ1n) is 12.8. The van der Waals surface area contributed by atoms with Gasteiger partial charge in [-0.15, -0.1) is 0 Å². The second-order valence-electron chi connectivity index (χ2n) is 11.0. The average molecular weight is 517 g/mol. The van der Waals surface area contributed by atoms with Crippen LogP contribution in [-0.4, -0.2) is 66.3 Å². The van der Waals surface area contributed by atoms with E-state index in [1.54, 1.807) is 0 Å². The van der Waals surface area contributed by atoms with Crippen molar-refractivity contribution in [2.24, 2.45) is 23.7 Å². The molecule has 0 saturated carbocycles. The normalized spacial score (nSPS) is 24.2. The van der Waals surface area contributed by atoms with Crippen molar-refractivity contribution in [2.75, 3.05) is 6.61 Å². The van der Waals surface area contributed by atoms with Crippen LogP contribution >= 0.6 is 0 Å². The number of hydrogen-bond donors (Lipinski definition) is 1. The molecule has 0 amide bonds. The molecule has 36 heavy (non-hydrogen) atoms. The molecule has 5 atom stereocenters. The molecule has 0 bridgehead atoms. The lowest BCUT2D eigenvalue weighted by atomic mass is 9.97. The zero-order valence-corrected chi connectivity index (χ0v) is 22.9. The second kappa shape index (κ2) is 15.1. The summed E-state index contributed by atoms with van der Waals surface area (Å²) in [6.45, 7) is 14.4. The van der Waals surface area contributed by atoms with Crippen molar-refractivity contribution in [3.8, 4) is 0 Å². The third-order valence-corrected chi connectivity index (χ3v) is 5.12. The van der Waals surface area contributed by atoms with E-state index in [9.17, 15) is 24.3 Å². The van der Waals surface area contributed by atoms with Gasteiger partial charge in [0.1, 0.15) is 12.7 Å². The molecule has 0 spiro atoms. The molecule has 1 heterocycles. The summed E-state index contributed by atoms with van der Waals surface area (Å²) in [6, 6.07) is 0. The Kier molecular flexibility index (Phi) is 13.4. The number of aliphatic hydroxyl groups excluding tert-OH is 1. The molecule has 0 aromatic heterocycles. The van der Waals surface area contributed by atoms with Crippen molar-refractivity contribution in [3.63, 3.8) is 0 Å². The summed E-state index contributed by atoms with van der Waals surface area (Å²) >= 11 is 0. The van der Waals surface area contributed by atoms with Crippen LogP contribution in [0, 0.1) is 23.7 Å². The largest absolute Gasteiger partial charge is 0.463 e. The Balaban J connectivity index is 3.28. The van der Waals surface area contributed by atoms with Gasteiger partial charge in [-0.3, -0.25) is 19.2 Å². The predicted octanol–water partition coefficient (Wildman–Crippen LogP) is 3.17. The van der Waals surface area contributed by atoms with Gasteiger partial charge < -0.3 is 28.8 Å². The number of carbonyl (C=O) groups is 4. The summed E-state index contributed by atoms with van der Waals surface area (Å²) in [5.41, 5.74) is 0. The van der Waals surface area contributed by atoms with E-state index in [0.717, 1.165) is 0 Å². The van der Waals surface area contributed by atoms with Gasteiger partial charge >= 0.3 is 23.9 Å². The van der Waals surface area contributed by atoms with Gasteiger partial charge in [0.05, 0.1) is 0 Å². The summed E-state index contributed by atoms with van der Waals surface area (Å²) in [4.78, 5) is 49.8. The maximum Gasteiger partial charge on any atom is 0.306 e. The standard InChI is InChI=1S/C26H44O10/c1-14(2)9-19(27)32-13-18-23(34-20(28)10-15(3)4)24(35-21(29)11-16(5)6)25(26(31)33-18)36-22(30)12-17(7)8/h14-18,23-26,31H,9-13H2,1-8H3/t18-,23-,24+,25-,26-/m0/s1. The van der Waals surface area contributed by atoms with E-state index in [1.165, 1.54) is 0 Å². The molecule has 0 unspecified atom stereocenters. The lowest BCUT2D eigenvalue weighted by Crippen LogP contribution is -2.62. The van der Waals surface area contributed by atoms with Gasteiger partial charge in [0.2, 0.25) is 0 Å². The molecule has 1 aliphatic rings. The van der Waals surface area contributed by atoms with Gasteiger partial charge in [-0.25, -0.2) is 0 Å². The third kappa shape index (κ3) is 11.7. The first kappa shape index (κ1) is 31.8. The Hall–Kier alpha value is -2.20. The second-order valence-corrected chi connectivity index (χ2v) is 11.0. The fourth-order valence-corrected chi connectivity index (χ4v) is 3.60. The number of ether oxygens (including phenoxy) is 5. The van der Waals surface area contributed by atoms with E-state index in [0.29, 0.717) is 0 Å². The molecule has 1 rings (SSSR count). The molecule has 1 saturated heterocycles. The van der Waals surface area contributed by atoms with Gasteiger partial charge in [-0.2, -0.15) is 0 Å². The van der Waals surface area contributed by atoms with Crippen molar-refractivity contribution < 1.29 is 48.0 Å². The Morgan fingerprint density at radius 1 is 0.611 bits per heavy atom. The van der Waals surface area contributed by atoms with E-state index in [4.69, 9.17) is 23.7 Å². The van der Waals surface area contributed by atoms with Crippen molar-refractivity contribution in [2.45, 2.75) is 112 Å². The number of esters is 4. The molecule has 0 radical (unpaired) electrons. The molecule has 0 aliphatic carbocycles. The topological polar surface area (TPSA) is 135 Å². The minimum atomic E-state index is -1.70. The van der Waals surface area contributed by atoms with Gasteiger partial charge in [-0.05, 0) is 23.7 Å². The van der Waals surface area contributed by atoms with Crippen LogP contribution in [0.4, 0.5) is 0 Å². The molecule has 1 N–H and O–H groups in total. The fraction of sp³-hybridized carbons (Fsp3) is 0.846. The molecular formula is C26H44O10. The maximum absolute atomic E-state index is 12.6. The van der Waals surface area contributed by atoms with Crippen LogP contribution in [0.3, 0.4) is 0 Å². The third-order valence-electron chi connectivity index (χ3n) is 5.12. The molecule has 208 valence electrons. The predicted molar refractivity (Wildman–Crippen MR) is 129 cm³/mol. The highest BCUT2D eigenvalue weighted by Gasteiger charge is 2.52. The molecular weight excluding hydrogens is 472 g/mol. The molecule has 0 aromatic carbocycles. The summed E-state index contributed by atoms with van der Waals surface area (Å²) in [5.74, 6) is -2.33. The van der Waals surface area contributed by atoms with Crippen molar-refractivity contribution in [1.82, 2.24) is 0 Å². The smallest absolute Gasteiger partial charge is 0.306 e. The van der Waals surface area contributed by atoms with Crippen LogP contribution in [0.25, 0.3) is 0 Å². The van der Waals surface area contributed by atoms with Crippen molar-refractivity contribution in [3.05, 3.63) is 0 Å². The zero-order valence-electron chi connectivity index (χ0n) is 22.9. The minimum absolute atomic E-state index is 0.0171. The van der Waals surface area contributed by atoms with Crippen LogP contribution in [0.15, 0.2) is 0 Å². The molecule has 0 aromatic rings. The first-order chi connectivity index (χ1) is 16.7. The number of carbonyl (C=O) groups excluding carboxylic acids is 4. The van der Waals surface area contributed by atoms with Crippen LogP contribution in [-0.2, 0) is 42.9 Å². The Morgan fingerprint density at radius 3 is 1.39 bits per heavy atom. The zero-order chi connectivity index (χ0) is 27.6. The van der Waals surface area contributed by atoms with Crippen LogP contribution < -0.4 is 0 Å². The van der Waals surface area contributed by atoms with E-state index in [1.807, 2.05) is 55.4 Å². The maximum atomic E-state index is 12.6. The van der Waals surface area contributed by atoms with Gasteiger partial charge in [0.15, 0.2) is 24.6 Å². The van der Waals surface area contributed by atoms with E-state index < -0.39 is 54.6 Å². The van der Waals surface area contributed by atoms with E-state index in [-0.39, 0.29) is 56.0 Å². The van der Waals surface area contributed by atoms with E-state index in [2.05, 4.69) is 0 Å². The first-order valence-corrected chi connectivity index (χ1v) is 12.8. The monoisotopic (exact) mass is 516 g/mol. The van der Waals surface area contributed by atoms with Gasteiger partial charge in [-0.1, -0.05) is 55.4 Å². The highest BCUT2D eigenvalue weighted by molar-refractivity contribution is 5.72. The lowest BCUT2D eigenvalue weighted by Gasteiger charge is -2.43. The fourth-order valence-electron chi connectivity index (χ4n) is 3.60. The van der Waals surface area contributed by atoms with Crippen LogP contribution in [0.1, 0.15) is 81.1 Å². The molecule has 1 aliphatic heterocycles. The Bertz CT molecular complexity index is 730.